The minimum absolute atomic E-state index is 0.410. The molecule has 1 aromatic carbocycles. The number of nitrogens with two attached hydrogens (primary N) is 1. The van der Waals surface area contributed by atoms with Crippen molar-refractivity contribution in [1.82, 2.24) is 5.32 Å². The fourth-order valence-electron chi connectivity index (χ4n) is 1.43. The van der Waals surface area contributed by atoms with Gasteiger partial charge in [0.15, 0.2) is 0 Å². The summed E-state index contributed by atoms with van der Waals surface area (Å²) in [4.78, 5) is 1.31. The highest BCUT2D eigenvalue weighted by atomic mass is 32.2. The van der Waals surface area contributed by atoms with E-state index in [2.05, 4.69) is 42.8 Å². The van der Waals surface area contributed by atoms with Crippen LogP contribution in [0.5, 0.6) is 0 Å². The van der Waals surface area contributed by atoms with E-state index in [1.54, 1.807) is 11.8 Å². The van der Waals surface area contributed by atoms with E-state index in [0.29, 0.717) is 6.04 Å². The number of nitrogens with one attached hydrogen (secondary N) is 1. The van der Waals surface area contributed by atoms with Crippen LogP contribution in [0.2, 0.25) is 0 Å². The topological polar surface area (TPSA) is 38.0 Å². The molecule has 0 spiro atoms. The van der Waals surface area contributed by atoms with Gasteiger partial charge in [0.25, 0.3) is 0 Å². The molecule has 2 nitrogen and oxygen atoms in total. The largest absolute Gasteiger partial charge is 0.330 e. The van der Waals surface area contributed by atoms with Crippen molar-refractivity contribution in [2.24, 2.45) is 5.73 Å². The zero-order chi connectivity index (χ0) is 11.1. The van der Waals surface area contributed by atoms with Crippen LogP contribution in [0.15, 0.2) is 29.2 Å². The quantitative estimate of drug-likeness (QED) is 0.575. The summed E-state index contributed by atoms with van der Waals surface area (Å²) in [6.45, 7) is 3.93. The van der Waals surface area contributed by atoms with Crippen molar-refractivity contribution in [3.05, 3.63) is 29.8 Å². The second-order valence-corrected chi connectivity index (χ2v) is 4.47. The van der Waals surface area contributed by atoms with E-state index < -0.39 is 0 Å². The van der Waals surface area contributed by atoms with E-state index in [1.807, 2.05) is 0 Å². The summed E-state index contributed by atoms with van der Waals surface area (Å²) in [5.74, 6) is 0. The average Bonchev–Trinajstić information content (AvgIpc) is 2.29. The molecule has 0 radical (unpaired) electrons. The lowest BCUT2D eigenvalue weighted by molar-refractivity contribution is 0.561. The molecule has 1 atom stereocenters. The maximum Gasteiger partial charge on any atom is 0.0291 e. The summed E-state index contributed by atoms with van der Waals surface area (Å²) in [5.41, 5.74) is 6.79. The molecule has 1 aromatic rings. The Kier molecular flexibility index (Phi) is 5.76. The fraction of sp³-hybridized carbons (Fsp3) is 0.500. The van der Waals surface area contributed by atoms with Gasteiger partial charge in [-0.3, -0.25) is 0 Å². The zero-order valence-corrected chi connectivity index (χ0v) is 10.3. The predicted octanol–water partition coefficient (Wildman–Crippen LogP) is 2.41. The lowest BCUT2D eigenvalue weighted by Gasteiger charge is -2.14. The Labute approximate surface area is 96.6 Å². The predicted molar refractivity (Wildman–Crippen MR) is 68.3 cm³/mol. The molecule has 0 aliphatic rings. The third-order valence-corrected chi connectivity index (χ3v) is 3.19. The molecule has 0 aliphatic carbocycles. The molecule has 3 heteroatoms. The van der Waals surface area contributed by atoms with E-state index in [-0.39, 0.29) is 0 Å². The molecule has 84 valence electrons. The minimum Gasteiger partial charge on any atom is -0.330 e. The van der Waals surface area contributed by atoms with Crippen molar-refractivity contribution in [1.29, 1.82) is 0 Å². The van der Waals surface area contributed by atoms with Crippen LogP contribution < -0.4 is 11.1 Å². The molecule has 3 N–H and O–H groups in total. The zero-order valence-electron chi connectivity index (χ0n) is 9.49. The highest BCUT2D eigenvalue weighted by Crippen LogP contribution is 2.18. The van der Waals surface area contributed by atoms with Gasteiger partial charge in [-0.25, -0.2) is 0 Å². The van der Waals surface area contributed by atoms with Crippen LogP contribution in [0.3, 0.4) is 0 Å². The van der Waals surface area contributed by atoms with Crippen molar-refractivity contribution in [3.63, 3.8) is 0 Å². The third-order valence-electron chi connectivity index (χ3n) is 2.45. The standard InChI is InChI=1S/C12H20N2S/c1-10(14-9-3-8-13)11-4-6-12(15-2)7-5-11/h4-7,10,14H,3,8-9,13H2,1-2H3. The number of hydrogen-bond acceptors (Lipinski definition) is 3. The first-order valence-corrected chi connectivity index (χ1v) is 6.57. The Morgan fingerprint density at radius 1 is 1.33 bits per heavy atom. The van der Waals surface area contributed by atoms with Crippen molar-refractivity contribution in [2.75, 3.05) is 19.3 Å². The molecule has 0 bridgehead atoms. The van der Waals surface area contributed by atoms with Crippen LogP contribution in [-0.4, -0.2) is 19.3 Å². The lowest BCUT2D eigenvalue weighted by Crippen LogP contribution is -2.21. The van der Waals surface area contributed by atoms with E-state index in [0.717, 1.165) is 19.5 Å². The van der Waals surface area contributed by atoms with Gasteiger partial charge in [0, 0.05) is 10.9 Å². The number of hydrogen-bond donors (Lipinski definition) is 2. The smallest absolute Gasteiger partial charge is 0.0291 e. The van der Waals surface area contributed by atoms with Crippen molar-refractivity contribution >= 4 is 11.8 Å². The molecule has 0 heterocycles. The molecule has 0 fully saturated rings. The van der Waals surface area contributed by atoms with Gasteiger partial charge in [0.2, 0.25) is 0 Å². The maximum absolute atomic E-state index is 5.45. The van der Waals surface area contributed by atoms with E-state index in [1.165, 1.54) is 10.5 Å². The molecule has 0 aliphatic heterocycles. The molecule has 1 rings (SSSR count). The van der Waals surface area contributed by atoms with Gasteiger partial charge < -0.3 is 11.1 Å². The van der Waals surface area contributed by atoms with Crippen LogP contribution in [0.25, 0.3) is 0 Å². The van der Waals surface area contributed by atoms with Crippen LogP contribution in [0.1, 0.15) is 24.9 Å². The van der Waals surface area contributed by atoms with E-state index in [4.69, 9.17) is 5.73 Å². The van der Waals surface area contributed by atoms with Crippen LogP contribution in [0, 0.1) is 0 Å². The summed E-state index contributed by atoms with van der Waals surface area (Å²) >= 11 is 1.77. The van der Waals surface area contributed by atoms with Crippen LogP contribution in [-0.2, 0) is 0 Å². The summed E-state index contributed by atoms with van der Waals surface area (Å²) < 4.78 is 0. The Morgan fingerprint density at radius 2 is 2.00 bits per heavy atom. The normalized spacial score (nSPS) is 12.7. The van der Waals surface area contributed by atoms with Gasteiger partial charge >= 0.3 is 0 Å². The molecule has 0 aromatic heterocycles. The SMILES string of the molecule is CSc1ccc(C(C)NCCCN)cc1. The number of rotatable bonds is 6. The third kappa shape index (κ3) is 4.24. The summed E-state index contributed by atoms with van der Waals surface area (Å²) in [6, 6.07) is 9.12. The summed E-state index contributed by atoms with van der Waals surface area (Å²) in [5, 5.41) is 3.45. The second-order valence-electron chi connectivity index (χ2n) is 3.59. The van der Waals surface area contributed by atoms with Gasteiger partial charge in [0.1, 0.15) is 0 Å². The van der Waals surface area contributed by atoms with Crippen molar-refractivity contribution in [3.8, 4) is 0 Å². The monoisotopic (exact) mass is 224 g/mol. The first-order chi connectivity index (χ1) is 7.27. The molecule has 0 saturated heterocycles. The molecule has 0 amide bonds. The highest BCUT2D eigenvalue weighted by Gasteiger charge is 2.03. The van der Waals surface area contributed by atoms with Crippen molar-refractivity contribution < 1.29 is 0 Å². The molecular weight excluding hydrogens is 204 g/mol. The fourth-order valence-corrected chi connectivity index (χ4v) is 1.84. The number of thioether (sulfide) groups is 1. The summed E-state index contributed by atoms with van der Waals surface area (Å²) in [7, 11) is 0. The Balaban J connectivity index is 2.46. The Hall–Kier alpha value is -0.510. The van der Waals surface area contributed by atoms with Gasteiger partial charge in [-0.15, -0.1) is 11.8 Å². The van der Waals surface area contributed by atoms with E-state index in [9.17, 15) is 0 Å². The van der Waals surface area contributed by atoms with Gasteiger partial charge in [-0.1, -0.05) is 12.1 Å². The van der Waals surface area contributed by atoms with Crippen molar-refractivity contribution in [2.45, 2.75) is 24.3 Å². The molecule has 1 unspecified atom stereocenters. The first-order valence-electron chi connectivity index (χ1n) is 5.35. The highest BCUT2D eigenvalue weighted by molar-refractivity contribution is 7.98. The minimum atomic E-state index is 0.410. The Morgan fingerprint density at radius 3 is 2.53 bits per heavy atom. The average molecular weight is 224 g/mol. The molecular formula is C12H20N2S. The van der Waals surface area contributed by atoms with Gasteiger partial charge in [-0.05, 0) is 50.4 Å². The first kappa shape index (κ1) is 12.6. The maximum atomic E-state index is 5.45. The summed E-state index contributed by atoms with van der Waals surface area (Å²) in [6.07, 6.45) is 3.13. The van der Waals surface area contributed by atoms with Crippen LogP contribution >= 0.6 is 11.8 Å². The van der Waals surface area contributed by atoms with Gasteiger partial charge in [0.05, 0.1) is 0 Å². The van der Waals surface area contributed by atoms with Gasteiger partial charge in [-0.2, -0.15) is 0 Å². The van der Waals surface area contributed by atoms with Crippen LogP contribution in [0.4, 0.5) is 0 Å². The second kappa shape index (κ2) is 6.88. The van der Waals surface area contributed by atoms with E-state index >= 15 is 0 Å². The lowest BCUT2D eigenvalue weighted by atomic mass is 10.1. The Bertz CT molecular complexity index is 271. The molecule has 15 heavy (non-hydrogen) atoms. The number of benzene rings is 1. The molecule has 0 saturated carbocycles.